The van der Waals surface area contributed by atoms with E-state index in [2.05, 4.69) is 24.0 Å². The molecule has 0 bridgehead atoms. The van der Waals surface area contributed by atoms with Gasteiger partial charge in [-0.15, -0.1) is 5.10 Å². The minimum Gasteiger partial charge on any atom is -0.384 e. The van der Waals surface area contributed by atoms with Gasteiger partial charge in [0.25, 0.3) is 0 Å². The number of methoxy groups -OCH3 is 1. The van der Waals surface area contributed by atoms with Gasteiger partial charge in [0.2, 0.25) is 0 Å². The van der Waals surface area contributed by atoms with Crippen molar-refractivity contribution in [1.82, 2.24) is 15.0 Å². The third-order valence-corrected chi connectivity index (χ3v) is 11.2. The average Bonchev–Trinajstić information content (AvgIpc) is 3.48. The number of ether oxygens (including phenoxy) is 1. The second-order valence-electron chi connectivity index (χ2n) is 12.8. The first-order valence-electron chi connectivity index (χ1n) is 15.0. The summed E-state index contributed by atoms with van der Waals surface area (Å²) < 4.78 is 33.6. The molecular formula is C31H45F2N3O2. The lowest BCUT2D eigenvalue weighted by atomic mass is 9.44. The van der Waals surface area contributed by atoms with Crippen molar-refractivity contribution in [3.8, 4) is 0 Å². The van der Waals surface area contributed by atoms with Crippen molar-refractivity contribution < 1.29 is 18.3 Å². The van der Waals surface area contributed by atoms with Crippen LogP contribution in [-0.4, -0.2) is 34.5 Å². The Labute approximate surface area is 226 Å². The number of aromatic nitrogens is 3. The predicted octanol–water partition coefficient (Wildman–Crippen LogP) is 7.23. The molecule has 0 saturated heterocycles. The second kappa shape index (κ2) is 10.6. The van der Waals surface area contributed by atoms with Crippen LogP contribution in [0.4, 0.5) is 8.78 Å². The maximum Gasteiger partial charge on any atom is 0.188 e. The standard InChI is InChI=1S/C29H39F2N3O2.C2H6/c1-17-10-13-29(16-36-3)18(14-17)4-5-19-20-6-7-22(28(20,2)12-11-21(19)29)25(35)15-34-32-24-9-8-23(30)26(31)27(24)33-34;1-2/h8-9,17-22H,4-7,10-16H2,1-3H3;1-2H3. The van der Waals surface area contributed by atoms with Crippen LogP contribution < -0.4 is 0 Å². The number of benzene rings is 1. The Kier molecular flexibility index (Phi) is 7.71. The van der Waals surface area contributed by atoms with Gasteiger partial charge in [-0.1, -0.05) is 34.1 Å². The van der Waals surface area contributed by atoms with E-state index in [-0.39, 0.29) is 34.7 Å². The quantitative estimate of drug-likeness (QED) is 0.410. The molecule has 6 rings (SSSR count). The summed E-state index contributed by atoms with van der Waals surface area (Å²) in [5.41, 5.74) is 0.470. The highest BCUT2D eigenvalue weighted by Gasteiger charge is 2.62. The summed E-state index contributed by atoms with van der Waals surface area (Å²) in [5.74, 6) is 1.68. The largest absolute Gasteiger partial charge is 0.384 e. The van der Waals surface area contributed by atoms with Gasteiger partial charge in [-0.3, -0.25) is 4.79 Å². The lowest BCUT2D eigenvalue weighted by Crippen LogP contribution is -2.56. The topological polar surface area (TPSA) is 57.0 Å². The number of fused-ring (bicyclic) bond motifs is 6. The highest BCUT2D eigenvalue weighted by atomic mass is 19.2. The number of Topliss-reactive ketones (excluding diaryl/α,β-unsaturated/α-hetero) is 1. The summed E-state index contributed by atoms with van der Waals surface area (Å²) in [4.78, 5) is 14.9. The Morgan fingerprint density at radius 3 is 2.61 bits per heavy atom. The van der Waals surface area contributed by atoms with Crippen LogP contribution in [0.1, 0.15) is 85.5 Å². The minimum atomic E-state index is -1.00. The molecule has 0 spiro atoms. The number of ketones is 1. The van der Waals surface area contributed by atoms with Gasteiger partial charge >= 0.3 is 0 Å². The summed E-state index contributed by atoms with van der Waals surface area (Å²) in [7, 11) is 1.87. The fourth-order valence-corrected chi connectivity index (χ4v) is 9.63. The van der Waals surface area contributed by atoms with Gasteiger partial charge in [-0.2, -0.15) is 9.90 Å². The summed E-state index contributed by atoms with van der Waals surface area (Å²) in [6.07, 6.45) is 10.8. The normalized spacial score (nSPS) is 38.1. The molecule has 38 heavy (non-hydrogen) atoms. The Morgan fingerprint density at radius 2 is 1.84 bits per heavy atom. The van der Waals surface area contributed by atoms with Crippen molar-refractivity contribution in [2.75, 3.05) is 13.7 Å². The van der Waals surface area contributed by atoms with Crippen molar-refractivity contribution >= 4 is 16.8 Å². The number of hydrogen-bond donors (Lipinski definition) is 0. The van der Waals surface area contributed by atoms with Crippen molar-refractivity contribution in [2.45, 2.75) is 92.0 Å². The monoisotopic (exact) mass is 529 g/mol. The van der Waals surface area contributed by atoms with E-state index < -0.39 is 11.6 Å². The molecule has 1 heterocycles. The highest BCUT2D eigenvalue weighted by Crippen LogP contribution is 2.68. The Hall–Kier alpha value is -1.89. The molecule has 0 N–H and O–H groups in total. The van der Waals surface area contributed by atoms with Gasteiger partial charge in [0.15, 0.2) is 22.9 Å². The van der Waals surface area contributed by atoms with Gasteiger partial charge in [0.1, 0.15) is 12.1 Å². The lowest BCUT2D eigenvalue weighted by molar-refractivity contribution is -0.154. The molecule has 7 heteroatoms. The number of halogens is 2. The molecule has 8 atom stereocenters. The van der Waals surface area contributed by atoms with Crippen molar-refractivity contribution in [3.63, 3.8) is 0 Å². The van der Waals surface area contributed by atoms with Crippen LogP contribution in [-0.2, 0) is 16.1 Å². The van der Waals surface area contributed by atoms with Crippen molar-refractivity contribution in [1.29, 1.82) is 0 Å². The third kappa shape index (κ3) is 4.31. The van der Waals surface area contributed by atoms with Gasteiger partial charge in [0, 0.05) is 13.0 Å². The van der Waals surface area contributed by atoms with E-state index in [0.29, 0.717) is 23.2 Å². The average molecular weight is 530 g/mol. The van der Waals surface area contributed by atoms with E-state index in [1.165, 1.54) is 49.4 Å². The van der Waals surface area contributed by atoms with E-state index in [0.717, 1.165) is 43.8 Å². The molecule has 4 fully saturated rings. The molecular weight excluding hydrogens is 484 g/mol. The van der Waals surface area contributed by atoms with Crippen LogP contribution in [0.5, 0.6) is 0 Å². The Balaban J connectivity index is 0.00000144. The molecule has 0 amide bonds. The molecule has 2 aromatic rings. The summed E-state index contributed by atoms with van der Waals surface area (Å²) in [6.45, 7) is 9.66. The van der Waals surface area contributed by atoms with Crippen LogP contribution in [0.2, 0.25) is 0 Å². The molecule has 8 unspecified atom stereocenters. The fraction of sp³-hybridized carbons (Fsp3) is 0.774. The Bertz CT molecular complexity index is 1170. The van der Waals surface area contributed by atoms with E-state index in [9.17, 15) is 13.6 Å². The van der Waals surface area contributed by atoms with Gasteiger partial charge in [0.05, 0.1) is 6.61 Å². The van der Waals surface area contributed by atoms with Crippen molar-refractivity contribution in [3.05, 3.63) is 23.8 Å². The van der Waals surface area contributed by atoms with Gasteiger partial charge in [-0.05, 0) is 104 Å². The molecule has 0 radical (unpaired) electrons. The molecule has 5 nitrogen and oxygen atoms in total. The molecule has 1 aromatic carbocycles. The molecule has 4 aliphatic rings. The van der Waals surface area contributed by atoms with Crippen LogP contribution in [0.25, 0.3) is 11.0 Å². The van der Waals surface area contributed by atoms with E-state index >= 15 is 0 Å². The summed E-state index contributed by atoms with van der Waals surface area (Å²) >= 11 is 0. The molecule has 1 aromatic heterocycles. The SMILES string of the molecule is CC.COCC12CCC(C)CC1CCC1C3CCC(C(=O)Cn4nc5ccc(F)c(F)c5n4)C3(C)CCC12. The van der Waals surface area contributed by atoms with Crippen molar-refractivity contribution in [2.24, 2.45) is 46.3 Å². The maximum atomic E-state index is 14.1. The van der Waals surface area contributed by atoms with E-state index in [1.54, 1.807) is 0 Å². The first-order chi connectivity index (χ1) is 18.3. The number of nitrogens with zero attached hydrogens (tertiary/aromatic N) is 3. The zero-order chi connectivity index (χ0) is 27.2. The van der Waals surface area contributed by atoms with Crippen LogP contribution in [0, 0.1) is 58.0 Å². The highest BCUT2D eigenvalue weighted by molar-refractivity contribution is 5.82. The minimum absolute atomic E-state index is 0.00869. The first-order valence-corrected chi connectivity index (χ1v) is 15.0. The summed E-state index contributed by atoms with van der Waals surface area (Å²) in [6, 6.07) is 2.46. The number of rotatable bonds is 5. The lowest BCUT2D eigenvalue weighted by Gasteiger charge is -2.61. The first kappa shape index (κ1) is 27.7. The van der Waals surface area contributed by atoms with Crippen LogP contribution in [0.3, 0.4) is 0 Å². The third-order valence-electron chi connectivity index (χ3n) is 11.2. The number of carbonyl (C=O) groups is 1. The Morgan fingerprint density at radius 1 is 1.05 bits per heavy atom. The second-order valence-corrected chi connectivity index (χ2v) is 12.8. The number of carbonyl (C=O) groups excluding carboxylic acids is 1. The molecule has 210 valence electrons. The van der Waals surface area contributed by atoms with E-state index in [1.807, 2.05) is 21.0 Å². The van der Waals surface area contributed by atoms with E-state index in [4.69, 9.17) is 4.74 Å². The van der Waals surface area contributed by atoms with Gasteiger partial charge in [-0.25, -0.2) is 8.78 Å². The van der Waals surface area contributed by atoms with Gasteiger partial charge < -0.3 is 4.74 Å². The number of hydrogen-bond acceptors (Lipinski definition) is 4. The van der Waals surface area contributed by atoms with Crippen LogP contribution >= 0.6 is 0 Å². The predicted molar refractivity (Wildman–Crippen MR) is 144 cm³/mol. The molecule has 4 saturated carbocycles. The smallest absolute Gasteiger partial charge is 0.188 e. The maximum absolute atomic E-state index is 14.1. The fourth-order valence-electron chi connectivity index (χ4n) is 9.63. The zero-order valence-electron chi connectivity index (χ0n) is 23.8. The molecule has 0 aliphatic heterocycles. The van der Waals surface area contributed by atoms with Crippen LogP contribution in [0.15, 0.2) is 12.1 Å². The zero-order valence-corrected chi connectivity index (χ0v) is 23.8. The molecule has 4 aliphatic carbocycles. The summed E-state index contributed by atoms with van der Waals surface area (Å²) in [5, 5.41) is 8.38.